The van der Waals surface area contributed by atoms with Crippen LogP contribution in [-0.2, 0) is 17.4 Å². The molecule has 4 bridgehead atoms. The van der Waals surface area contributed by atoms with Gasteiger partial charge in [0.05, 0.1) is 11.2 Å². The van der Waals surface area contributed by atoms with Crippen LogP contribution < -0.4 is 5.32 Å². The van der Waals surface area contributed by atoms with E-state index in [1.54, 1.807) is 18.2 Å². The Labute approximate surface area is 224 Å². The minimum Gasteiger partial charge on any atom is -0.390 e. The highest BCUT2D eigenvalue weighted by Gasteiger charge is 2.57. The zero-order valence-corrected chi connectivity index (χ0v) is 21.6. The molecule has 202 valence electrons. The van der Waals surface area contributed by atoms with Crippen molar-refractivity contribution in [2.45, 2.75) is 62.8 Å². The first-order valence-electron chi connectivity index (χ1n) is 13.3. The first-order chi connectivity index (χ1) is 18.0. The number of rotatable bonds is 5. The van der Waals surface area contributed by atoms with Gasteiger partial charge in [0.2, 0.25) is 5.91 Å². The molecule has 5 fully saturated rings. The number of carbonyl (C=O) groups is 2. The van der Waals surface area contributed by atoms with Crippen molar-refractivity contribution in [3.8, 4) is 0 Å². The molecule has 1 heterocycles. The van der Waals surface area contributed by atoms with Gasteiger partial charge in [0.25, 0.3) is 5.91 Å². The summed E-state index contributed by atoms with van der Waals surface area (Å²) in [6.07, 6.45) is 1.58. The number of hydrogen-bond donors (Lipinski definition) is 2. The molecule has 9 heteroatoms. The highest BCUT2D eigenvalue weighted by Crippen LogP contribution is 2.57. The van der Waals surface area contributed by atoms with Crippen molar-refractivity contribution in [3.05, 3.63) is 64.2 Å². The number of nitrogens with zero attached hydrogens (tertiary/aromatic N) is 1. The van der Waals surface area contributed by atoms with Gasteiger partial charge in [-0.3, -0.25) is 9.59 Å². The molecule has 5 aliphatic rings. The van der Waals surface area contributed by atoms with Crippen LogP contribution in [0, 0.1) is 23.7 Å². The van der Waals surface area contributed by atoms with Gasteiger partial charge in [-0.05, 0) is 105 Å². The lowest BCUT2D eigenvalue weighted by molar-refractivity contribution is -0.168. The van der Waals surface area contributed by atoms with Crippen molar-refractivity contribution < 1.29 is 27.9 Å². The van der Waals surface area contributed by atoms with Gasteiger partial charge in [-0.2, -0.15) is 13.2 Å². The number of carbonyl (C=O) groups excluding carboxylic acids is 2. The maximum Gasteiger partial charge on any atom is 0.416 e. The van der Waals surface area contributed by atoms with Crippen LogP contribution in [0.1, 0.15) is 60.0 Å². The number of halogens is 4. The minimum absolute atomic E-state index is 0.103. The highest BCUT2D eigenvalue weighted by atomic mass is 35.5. The molecule has 2 amide bonds. The third-order valence-corrected chi connectivity index (χ3v) is 9.51. The quantitative estimate of drug-likeness (QED) is 0.487. The minimum atomic E-state index is -4.46. The first-order valence-corrected chi connectivity index (χ1v) is 13.7. The lowest BCUT2D eigenvalue weighted by Crippen LogP contribution is -2.62. The molecule has 2 aromatic carbocycles. The molecular weight excluding hydrogens is 517 g/mol. The van der Waals surface area contributed by atoms with Crippen molar-refractivity contribution in [1.82, 2.24) is 4.90 Å². The van der Waals surface area contributed by atoms with Gasteiger partial charge in [0.1, 0.15) is 0 Å². The van der Waals surface area contributed by atoms with E-state index in [1.807, 2.05) is 0 Å². The van der Waals surface area contributed by atoms with E-state index in [2.05, 4.69) is 10.2 Å². The molecule has 5 nitrogen and oxygen atoms in total. The van der Waals surface area contributed by atoms with E-state index in [1.165, 1.54) is 0 Å². The fourth-order valence-corrected chi connectivity index (χ4v) is 8.04. The van der Waals surface area contributed by atoms with Crippen LogP contribution in [0.15, 0.2) is 42.5 Å². The van der Waals surface area contributed by atoms with Gasteiger partial charge < -0.3 is 15.3 Å². The zero-order valence-electron chi connectivity index (χ0n) is 20.8. The first kappa shape index (κ1) is 25.7. The van der Waals surface area contributed by atoms with Crippen LogP contribution in [0.4, 0.5) is 18.9 Å². The zero-order chi connectivity index (χ0) is 26.8. The lowest BCUT2D eigenvalue weighted by Gasteiger charge is -2.59. The summed E-state index contributed by atoms with van der Waals surface area (Å²) in [6.45, 7) is 0.739. The maximum absolute atomic E-state index is 13.5. The van der Waals surface area contributed by atoms with E-state index in [0.29, 0.717) is 34.9 Å². The number of anilines is 1. The molecule has 0 aromatic heterocycles. The average molecular weight is 547 g/mol. The van der Waals surface area contributed by atoms with Crippen molar-refractivity contribution in [2.24, 2.45) is 23.7 Å². The Bertz CT molecular complexity index is 1250. The molecular formula is C29H30ClF3N2O3. The Morgan fingerprint density at radius 2 is 1.76 bits per heavy atom. The number of amides is 2. The number of likely N-dealkylation sites (tertiary alicyclic amines) is 1. The number of hydrogen-bond acceptors (Lipinski definition) is 3. The van der Waals surface area contributed by atoms with E-state index in [-0.39, 0.29) is 23.4 Å². The summed E-state index contributed by atoms with van der Waals surface area (Å²) in [5.41, 5.74) is 0.00835. The van der Waals surface area contributed by atoms with Gasteiger partial charge >= 0.3 is 6.18 Å². The van der Waals surface area contributed by atoms with Gasteiger partial charge in [0.15, 0.2) is 0 Å². The number of alkyl halides is 3. The maximum atomic E-state index is 13.5. The largest absolute Gasteiger partial charge is 0.416 e. The molecule has 4 saturated carbocycles. The second-order valence-electron chi connectivity index (χ2n) is 11.7. The topological polar surface area (TPSA) is 69.6 Å². The van der Waals surface area contributed by atoms with Gasteiger partial charge in [-0.25, -0.2) is 0 Å². The normalized spacial score (nSPS) is 32.2. The molecule has 2 aromatic rings. The smallest absolute Gasteiger partial charge is 0.390 e. The van der Waals surface area contributed by atoms with Crippen molar-refractivity contribution >= 4 is 29.1 Å². The van der Waals surface area contributed by atoms with E-state index < -0.39 is 23.2 Å². The standard InChI is InChI=1S/C29H30ClF3N2O3/c30-24-12-23(34-26(36)17-1-4-22(5-2-17)29(31,32)33)6-3-18(24)11-19-7-8-35(27(19)37)25-20-9-16-10-21(25)15-28(38,13-16)14-20/h1-6,12,16,19-21,25,38H,7-11,13-15H2,(H,34,36). The Morgan fingerprint density at radius 1 is 1.08 bits per heavy atom. The monoisotopic (exact) mass is 546 g/mol. The summed E-state index contributed by atoms with van der Waals surface area (Å²) in [4.78, 5) is 28.1. The molecule has 1 aliphatic heterocycles. The SMILES string of the molecule is O=C(Nc1ccc(CC2CCN(C3C4CC5CC3CC(O)(C5)C4)C2=O)c(Cl)c1)c1ccc(C(F)(F)F)cc1. The van der Waals surface area contributed by atoms with Crippen molar-refractivity contribution in [1.29, 1.82) is 0 Å². The molecule has 3 atom stereocenters. The van der Waals surface area contributed by atoms with Crippen molar-refractivity contribution in [2.75, 3.05) is 11.9 Å². The van der Waals surface area contributed by atoms with Crippen LogP contribution in [0.3, 0.4) is 0 Å². The fraction of sp³-hybridized carbons (Fsp3) is 0.517. The molecule has 3 unspecified atom stereocenters. The van der Waals surface area contributed by atoms with Crippen LogP contribution in [-0.4, -0.2) is 40.0 Å². The van der Waals surface area contributed by atoms with E-state index in [4.69, 9.17) is 11.6 Å². The molecule has 0 spiro atoms. The molecule has 1 saturated heterocycles. The van der Waals surface area contributed by atoms with Crippen LogP contribution in [0.25, 0.3) is 0 Å². The van der Waals surface area contributed by atoms with Gasteiger partial charge in [0, 0.05) is 34.8 Å². The predicted octanol–water partition coefficient (Wildman–Crippen LogP) is 5.94. The molecule has 38 heavy (non-hydrogen) atoms. The fourth-order valence-electron chi connectivity index (χ4n) is 7.78. The predicted molar refractivity (Wildman–Crippen MR) is 137 cm³/mol. The summed E-state index contributed by atoms with van der Waals surface area (Å²) in [5, 5.41) is 14.0. The summed E-state index contributed by atoms with van der Waals surface area (Å²) >= 11 is 6.53. The number of benzene rings is 2. The van der Waals surface area contributed by atoms with Crippen LogP contribution in [0.2, 0.25) is 5.02 Å². The summed E-state index contributed by atoms with van der Waals surface area (Å²) < 4.78 is 38.3. The second kappa shape index (κ2) is 9.26. The molecule has 7 rings (SSSR count). The van der Waals surface area contributed by atoms with Gasteiger partial charge in [-0.15, -0.1) is 0 Å². The summed E-state index contributed by atoms with van der Waals surface area (Å²) in [5.74, 6) is 0.865. The Balaban J connectivity index is 1.09. The Hall–Kier alpha value is -2.58. The van der Waals surface area contributed by atoms with E-state index in [0.717, 1.165) is 74.9 Å². The Morgan fingerprint density at radius 3 is 2.37 bits per heavy atom. The molecule has 4 aliphatic carbocycles. The Kier molecular flexibility index (Phi) is 6.26. The molecule has 0 radical (unpaired) electrons. The summed E-state index contributed by atoms with van der Waals surface area (Å²) in [7, 11) is 0. The third-order valence-electron chi connectivity index (χ3n) is 9.15. The van der Waals surface area contributed by atoms with Gasteiger partial charge in [-0.1, -0.05) is 17.7 Å². The van der Waals surface area contributed by atoms with Crippen LogP contribution >= 0.6 is 11.6 Å². The lowest BCUT2D eigenvalue weighted by atomic mass is 9.52. The molecule has 2 N–H and O–H groups in total. The highest BCUT2D eigenvalue weighted by molar-refractivity contribution is 6.31. The number of nitrogens with one attached hydrogen (secondary N) is 1. The van der Waals surface area contributed by atoms with Crippen molar-refractivity contribution in [3.63, 3.8) is 0 Å². The summed E-state index contributed by atoms with van der Waals surface area (Å²) in [6, 6.07) is 9.34. The second-order valence-corrected chi connectivity index (χ2v) is 12.1. The number of aliphatic hydroxyl groups is 1. The van der Waals surface area contributed by atoms with Crippen LogP contribution in [0.5, 0.6) is 0 Å². The van der Waals surface area contributed by atoms with E-state index in [9.17, 15) is 27.9 Å². The average Bonchev–Trinajstić information content (AvgIpc) is 3.18. The third kappa shape index (κ3) is 4.70. The van der Waals surface area contributed by atoms with E-state index >= 15 is 0 Å².